The summed E-state index contributed by atoms with van der Waals surface area (Å²) in [5.41, 5.74) is 11.0. The van der Waals surface area contributed by atoms with E-state index in [0.717, 1.165) is 36.1 Å². The number of benzene rings is 1. The lowest BCUT2D eigenvalue weighted by Gasteiger charge is -2.21. The lowest BCUT2D eigenvalue weighted by Crippen LogP contribution is -2.11. The molecule has 0 aromatic heterocycles. The Kier molecular flexibility index (Phi) is 3.32. The van der Waals surface area contributed by atoms with E-state index >= 15 is 0 Å². The zero-order chi connectivity index (χ0) is 12.4. The van der Waals surface area contributed by atoms with Gasteiger partial charge in [-0.15, -0.1) is 0 Å². The van der Waals surface area contributed by atoms with Crippen LogP contribution in [-0.4, -0.2) is 5.78 Å². The Bertz CT molecular complexity index is 486. The molecule has 2 nitrogen and oxygen atoms in total. The predicted octanol–water partition coefficient (Wildman–Crippen LogP) is 3.36. The van der Waals surface area contributed by atoms with Gasteiger partial charge in [0, 0.05) is 17.7 Å². The molecule has 0 saturated heterocycles. The van der Waals surface area contributed by atoms with Crippen molar-refractivity contribution in [2.24, 2.45) is 0 Å². The minimum atomic E-state index is 0.261. The normalized spacial score (nSPS) is 14.7. The fraction of sp³-hybridized carbons (Fsp3) is 0.400. The van der Waals surface area contributed by atoms with Crippen molar-refractivity contribution in [3.05, 3.63) is 34.9 Å². The number of rotatable bonds is 3. The molecule has 17 heavy (non-hydrogen) atoms. The van der Waals surface area contributed by atoms with Crippen molar-refractivity contribution in [1.29, 1.82) is 0 Å². The zero-order valence-electron chi connectivity index (χ0n) is 10.5. The van der Waals surface area contributed by atoms with E-state index in [9.17, 15) is 4.79 Å². The molecule has 0 heterocycles. The van der Waals surface area contributed by atoms with Crippen molar-refractivity contribution in [1.82, 2.24) is 0 Å². The second kappa shape index (κ2) is 4.74. The average molecular weight is 229 g/mol. The topological polar surface area (TPSA) is 43.1 Å². The van der Waals surface area contributed by atoms with Crippen molar-refractivity contribution in [3.8, 4) is 0 Å². The molecule has 0 unspecified atom stereocenters. The summed E-state index contributed by atoms with van der Waals surface area (Å²) in [5.74, 6) is 0.261. The molecule has 1 aliphatic rings. The van der Waals surface area contributed by atoms with Crippen LogP contribution in [0.5, 0.6) is 0 Å². The van der Waals surface area contributed by atoms with Gasteiger partial charge in [0.25, 0.3) is 0 Å². The zero-order valence-corrected chi connectivity index (χ0v) is 10.5. The number of nitrogen functional groups attached to an aromatic ring is 1. The first-order chi connectivity index (χ1) is 8.13. The summed E-state index contributed by atoms with van der Waals surface area (Å²) in [5, 5.41) is 0. The first-order valence-corrected chi connectivity index (χ1v) is 6.25. The quantitative estimate of drug-likeness (QED) is 0.808. The fourth-order valence-corrected chi connectivity index (χ4v) is 2.46. The Hall–Kier alpha value is -1.57. The maximum absolute atomic E-state index is 12.2. The number of Topliss-reactive ketones (excluding diaryl/α,β-unsaturated/α-hetero) is 1. The molecule has 0 amide bonds. The van der Waals surface area contributed by atoms with Crippen LogP contribution in [-0.2, 0) is 11.2 Å². The number of hydrogen-bond acceptors (Lipinski definition) is 2. The summed E-state index contributed by atoms with van der Waals surface area (Å²) in [6.45, 7) is 4.10. The third-order valence-electron chi connectivity index (χ3n) is 3.36. The Morgan fingerprint density at radius 3 is 2.82 bits per heavy atom. The SMILES string of the molecule is CCCC(=O)C1=C(C)CCc2ccc(N)cc21. The lowest BCUT2D eigenvalue weighted by atomic mass is 9.83. The molecule has 1 aliphatic carbocycles. The molecular formula is C15H19NO. The van der Waals surface area contributed by atoms with E-state index in [2.05, 4.69) is 13.0 Å². The van der Waals surface area contributed by atoms with E-state index < -0.39 is 0 Å². The molecule has 0 saturated carbocycles. The number of carbonyl (C=O) groups excluding carboxylic acids is 1. The Morgan fingerprint density at radius 2 is 2.12 bits per heavy atom. The fourth-order valence-electron chi connectivity index (χ4n) is 2.46. The largest absolute Gasteiger partial charge is 0.399 e. The minimum absolute atomic E-state index is 0.261. The molecule has 0 radical (unpaired) electrons. The van der Waals surface area contributed by atoms with Gasteiger partial charge in [-0.25, -0.2) is 0 Å². The molecule has 2 rings (SSSR count). The molecule has 1 aromatic carbocycles. The van der Waals surface area contributed by atoms with Gasteiger partial charge in [0.15, 0.2) is 5.78 Å². The summed E-state index contributed by atoms with van der Waals surface area (Å²) in [4.78, 5) is 12.2. The van der Waals surface area contributed by atoms with E-state index in [-0.39, 0.29) is 5.78 Å². The van der Waals surface area contributed by atoms with Crippen LogP contribution >= 0.6 is 0 Å². The average Bonchev–Trinajstić information content (AvgIpc) is 2.28. The monoisotopic (exact) mass is 229 g/mol. The summed E-state index contributed by atoms with van der Waals surface area (Å²) in [6.07, 6.45) is 3.53. The second-order valence-corrected chi connectivity index (χ2v) is 4.75. The highest BCUT2D eigenvalue weighted by Gasteiger charge is 2.21. The number of ketones is 1. The van der Waals surface area contributed by atoms with Crippen LogP contribution in [0.4, 0.5) is 5.69 Å². The van der Waals surface area contributed by atoms with E-state index in [1.54, 1.807) is 0 Å². The van der Waals surface area contributed by atoms with Crippen LogP contribution in [0.2, 0.25) is 0 Å². The van der Waals surface area contributed by atoms with Crippen molar-refractivity contribution in [2.45, 2.75) is 39.5 Å². The minimum Gasteiger partial charge on any atom is -0.399 e. The van der Waals surface area contributed by atoms with E-state index in [4.69, 9.17) is 5.73 Å². The van der Waals surface area contributed by atoms with Crippen LogP contribution in [0, 0.1) is 0 Å². The van der Waals surface area contributed by atoms with Gasteiger partial charge in [-0.3, -0.25) is 4.79 Å². The maximum Gasteiger partial charge on any atom is 0.163 e. The van der Waals surface area contributed by atoms with Crippen molar-refractivity contribution >= 4 is 17.0 Å². The molecule has 0 bridgehead atoms. The highest BCUT2D eigenvalue weighted by Crippen LogP contribution is 2.33. The van der Waals surface area contributed by atoms with Gasteiger partial charge in [-0.2, -0.15) is 0 Å². The summed E-state index contributed by atoms with van der Waals surface area (Å²) in [6, 6.07) is 5.92. The Morgan fingerprint density at radius 1 is 1.35 bits per heavy atom. The molecule has 90 valence electrons. The van der Waals surface area contributed by atoms with Gasteiger partial charge in [0.05, 0.1) is 0 Å². The van der Waals surface area contributed by atoms with Gasteiger partial charge in [0.1, 0.15) is 0 Å². The van der Waals surface area contributed by atoms with Gasteiger partial charge in [-0.05, 0) is 49.4 Å². The van der Waals surface area contributed by atoms with Crippen molar-refractivity contribution in [2.75, 3.05) is 5.73 Å². The van der Waals surface area contributed by atoms with E-state index in [0.29, 0.717) is 6.42 Å². The standard InChI is InChI=1S/C15H19NO/c1-3-4-14(17)15-10(2)5-6-11-7-8-12(16)9-13(11)15/h7-9H,3-6,16H2,1-2H3. The summed E-state index contributed by atoms with van der Waals surface area (Å²) in [7, 11) is 0. The predicted molar refractivity (Wildman–Crippen MR) is 71.7 cm³/mol. The number of fused-ring (bicyclic) bond motifs is 1. The number of allylic oxidation sites excluding steroid dienone is 2. The van der Waals surface area contributed by atoms with Gasteiger partial charge >= 0.3 is 0 Å². The Labute approximate surface area is 103 Å². The second-order valence-electron chi connectivity index (χ2n) is 4.75. The molecule has 0 aliphatic heterocycles. The van der Waals surface area contributed by atoms with Crippen LogP contribution in [0.25, 0.3) is 5.57 Å². The smallest absolute Gasteiger partial charge is 0.163 e. The number of anilines is 1. The van der Waals surface area contributed by atoms with Crippen LogP contribution < -0.4 is 5.73 Å². The summed E-state index contributed by atoms with van der Waals surface area (Å²) >= 11 is 0. The molecule has 0 fully saturated rings. The van der Waals surface area contributed by atoms with Gasteiger partial charge in [0.2, 0.25) is 0 Å². The highest BCUT2D eigenvalue weighted by atomic mass is 16.1. The van der Waals surface area contributed by atoms with Crippen LogP contribution in [0.3, 0.4) is 0 Å². The number of aryl methyl sites for hydroxylation is 1. The third-order valence-corrected chi connectivity index (χ3v) is 3.36. The first-order valence-electron chi connectivity index (χ1n) is 6.25. The number of hydrogen-bond donors (Lipinski definition) is 1. The number of carbonyl (C=O) groups is 1. The molecular weight excluding hydrogens is 210 g/mol. The van der Waals surface area contributed by atoms with Crippen molar-refractivity contribution < 1.29 is 4.79 Å². The molecule has 2 N–H and O–H groups in total. The molecule has 0 spiro atoms. The first kappa shape index (κ1) is 11.9. The Balaban J connectivity index is 2.50. The highest BCUT2D eigenvalue weighted by molar-refractivity contribution is 6.22. The number of nitrogens with two attached hydrogens (primary N) is 1. The van der Waals surface area contributed by atoms with Crippen LogP contribution in [0.1, 0.15) is 44.2 Å². The third kappa shape index (κ3) is 2.26. The maximum atomic E-state index is 12.2. The van der Waals surface area contributed by atoms with Gasteiger partial charge < -0.3 is 5.73 Å². The van der Waals surface area contributed by atoms with Crippen molar-refractivity contribution in [3.63, 3.8) is 0 Å². The molecule has 0 atom stereocenters. The lowest BCUT2D eigenvalue weighted by molar-refractivity contribution is -0.113. The summed E-state index contributed by atoms with van der Waals surface area (Å²) < 4.78 is 0. The molecule has 1 aromatic rings. The van der Waals surface area contributed by atoms with Gasteiger partial charge in [-0.1, -0.05) is 18.6 Å². The van der Waals surface area contributed by atoms with E-state index in [1.807, 2.05) is 19.1 Å². The molecule has 2 heteroatoms. The van der Waals surface area contributed by atoms with Crippen LogP contribution in [0.15, 0.2) is 23.8 Å². The van der Waals surface area contributed by atoms with E-state index in [1.165, 1.54) is 11.1 Å².